The SMILES string of the molecule is Cc1ccn(CCCNC(=O)c2noc3c2CC(C(C)(C)C)CC3)n1. The third-order valence-electron chi connectivity index (χ3n) is 5.10. The van der Waals surface area contributed by atoms with E-state index in [2.05, 4.69) is 36.3 Å². The van der Waals surface area contributed by atoms with Gasteiger partial charge in [0.05, 0.1) is 5.69 Å². The van der Waals surface area contributed by atoms with Gasteiger partial charge in [-0.3, -0.25) is 9.48 Å². The van der Waals surface area contributed by atoms with Gasteiger partial charge in [0.25, 0.3) is 5.91 Å². The molecule has 0 spiro atoms. The Morgan fingerprint density at radius 1 is 1.44 bits per heavy atom. The van der Waals surface area contributed by atoms with Gasteiger partial charge in [-0.1, -0.05) is 25.9 Å². The van der Waals surface area contributed by atoms with Gasteiger partial charge in [-0.25, -0.2) is 0 Å². The lowest BCUT2D eigenvalue weighted by Gasteiger charge is -2.33. The number of nitrogens with one attached hydrogen (secondary N) is 1. The van der Waals surface area contributed by atoms with Crippen molar-refractivity contribution in [2.45, 2.75) is 59.9 Å². The van der Waals surface area contributed by atoms with Gasteiger partial charge in [-0.2, -0.15) is 5.10 Å². The highest BCUT2D eigenvalue weighted by molar-refractivity contribution is 5.93. The highest BCUT2D eigenvalue weighted by Crippen LogP contribution is 2.38. The Morgan fingerprint density at radius 3 is 2.92 bits per heavy atom. The third-order valence-corrected chi connectivity index (χ3v) is 5.10. The normalized spacial score (nSPS) is 17.4. The lowest BCUT2D eigenvalue weighted by Crippen LogP contribution is -2.30. The van der Waals surface area contributed by atoms with Gasteiger partial charge >= 0.3 is 0 Å². The zero-order valence-corrected chi connectivity index (χ0v) is 15.6. The molecule has 1 unspecified atom stereocenters. The van der Waals surface area contributed by atoms with Crippen molar-refractivity contribution < 1.29 is 9.32 Å². The number of nitrogens with zero attached hydrogens (tertiary/aromatic N) is 3. The zero-order valence-electron chi connectivity index (χ0n) is 15.6. The summed E-state index contributed by atoms with van der Waals surface area (Å²) in [5.41, 5.74) is 2.71. The molecule has 0 saturated heterocycles. The minimum Gasteiger partial charge on any atom is -0.360 e. The number of aryl methyl sites for hydroxylation is 3. The van der Waals surface area contributed by atoms with Crippen molar-refractivity contribution in [2.24, 2.45) is 11.3 Å². The second-order valence-corrected chi connectivity index (χ2v) is 8.07. The van der Waals surface area contributed by atoms with E-state index in [0.29, 0.717) is 18.2 Å². The van der Waals surface area contributed by atoms with Crippen LogP contribution in [0.25, 0.3) is 0 Å². The number of hydrogen-bond acceptors (Lipinski definition) is 4. The first-order valence-corrected chi connectivity index (χ1v) is 9.10. The Kier molecular flexibility index (Phi) is 4.97. The second kappa shape index (κ2) is 7.02. The van der Waals surface area contributed by atoms with Crippen molar-refractivity contribution in [1.82, 2.24) is 20.3 Å². The fraction of sp³-hybridized carbons (Fsp3) is 0.632. The summed E-state index contributed by atoms with van der Waals surface area (Å²) < 4.78 is 7.32. The van der Waals surface area contributed by atoms with E-state index in [-0.39, 0.29) is 11.3 Å². The van der Waals surface area contributed by atoms with E-state index in [1.807, 2.05) is 23.9 Å². The summed E-state index contributed by atoms with van der Waals surface area (Å²) in [4.78, 5) is 12.5. The molecule has 6 heteroatoms. The predicted octanol–water partition coefficient (Wildman–Crippen LogP) is 3.15. The molecule has 2 heterocycles. The van der Waals surface area contributed by atoms with Crippen LogP contribution in [0.1, 0.15) is 61.1 Å². The summed E-state index contributed by atoms with van der Waals surface area (Å²) in [6.07, 6.45) is 5.62. The molecule has 1 aliphatic carbocycles. The van der Waals surface area contributed by atoms with E-state index in [1.165, 1.54) is 0 Å². The molecule has 1 N–H and O–H groups in total. The topological polar surface area (TPSA) is 73.0 Å². The molecular weight excluding hydrogens is 316 g/mol. The van der Waals surface area contributed by atoms with Crippen molar-refractivity contribution in [3.05, 3.63) is 35.0 Å². The van der Waals surface area contributed by atoms with Crippen molar-refractivity contribution in [2.75, 3.05) is 6.54 Å². The van der Waals surface area contributed by atoms with E-state index >= 15 is 0 Å². The standard InChI is InChI=1S/C19H28N4O2/c1-13-8-11-23(21-13)10-5-9-20-18(24)17-15-12-14(19(2,3)4)6-7-16(15)25-22-17/h8,11,14H,5-7,9-10,12H2,1-4H3,(H,20,24). The minimum atomic E-state index is -0.129. The second-order valence-electron chi connectivity index (χ2n) is 8.07. The first-order chi connectivity index (χ1) is 11.8. The maximum Gasteiger partial charge on any atom is 0.273 e. The van der Waals surface area contributed by atoms with Crippen LogP contribution in [0, 0.1) is 18.3 Å². The number of rotatable bonds is 5. The van der Waals surface area contributed by atoms with Gasteiger partial charge < -0.3 is 9.84 Å². The molecule has 3 rings (SSSR count). The van der Waals surface area contributed by atoms with Crippen LogP contribution in [0.4, 0.5) is 0 Å². The fourth-order valence-electron chi connectivity index (χ4n) is 3.44. The number of hydrogen-bond donors (Lipinski definition) is 1. The van der Waals surface area contributed by atoms with Crippen LogP contribution in [0.2, 0.25) is 0 Å². The molecule has 25 heavy (non-hydrogen) atoms. The van der Waals surface area contributed by atoms with E-state index < -0.39 is 0 Å². The summed E-state index contributed by atoms with van der Waals surface area (Å²) in [6.45, 7) is 10.1. The largest absolute Gasteiger partial charge is 0.360 e. The lowest BCUT2D eigenvalue weighted by molar-refractivity contribution is 0.0942. The Balaban J connectivity index is 1.55. The summed E-state index contributed by atoms with van der Waals surface area (Å²) in [5.74, 6) is 1.31. The van der Waals surface area contributed by atoms with Crippen LogP contribution in [0.3, 0.4) is 0 Å². The van der Waals surface area contributed by atoms with Crippen molar-refractivity contribution in [1.29, 1.82) is 0 Å². The molecule has 1 aliphatic rings. The van der Waals surface area contributed by atoms with E-state index in [9.17, 15) is 4.79 Å². The van der Waals surface area contributed by atoms with E-state index in [4.69, 9.17) is 4.52 Å². The van der Waals surface area contributed by atoms with Crippen LogP contribution >= 0.6 is 0 Å². The van der Waals surface area contributed by atoms with Gasteiger partial charge in [0.2, 0.25) is 0 Å². The maximum atomic E-state index is 12.5. The molecule has 2 aromatic heterocycles. The first kappa shape index (κ1) is 17.7. The monoisotopic (exact) mass is 344 g/mol. The van der Waals surface area contributed by atoms with Crippen LogP contribution in [-0.2, 0) is 19.4 Å². The Labute approximate surface area is 149 Å². The predicted molar refractivity (Wildman–Crippen MR) is 95.4 cm³/mol. The van der Waals surface area contributed by atoms with Gasteiger partial charge in [0.1, 0.15) is 5.76 Å². The summed E-state index contributed by atoms with van der Waals surface area (Å²) in [7, 11) is 0. The van der Waals surface area contributed by atoms with E-state index in [1.54, 1.807) is 0 Å². The minimum absolute atomic E-state index is 0.129. The van der Waals surface area contributed by atoms with Gasteiger partial charge in [-0.05, 0) is 43.6 Å². The number of amides is 1. The van der Waals surface area contributed by atoms with Crippen LogP contribution in [-0.4, -0.2) is 27.4 Å². The molecule has 0 saturated carbocycles. The zero-order chi connectivity index (χ0) is 18.0. The van der Waals surface area contributed by atoms with Crippen molar-refractivity contribution in [3.8, 4) is 0 Å². The number of carbonyl (C=O) groups is 1. The molecule has 0 fully saturated rings. The highest BCUT2D eigenvalue weighted by Gasteiger charge is 2.33. The molecule has 1 atom stereocenters. The van der Waals surface area contributed by atoms with Crippen LogP contribution < -0.4 is 5.32 Å². The molecule has 0 aliphatic heterocycles. The first-order valence-electron chi connectivity index (χ1n) is 9.10. The molecular formula is C19H28N4O2. The van der Waals surface area contributed by atoms with Gasteiger partial charge in [0.15, 0.2) is 5.69 Å². The molecule has 1 amide bonds. The fourth-order valence-corrected chi connectivity index (χ4v) is 3.44. The Bertz CT molecular complexity index is 739. The summed E-state index contributed by atoms with van der Waals surface area (Å²) in [6, 6.07) is 1.98. The highest BCUT2D eigenvalue weighted by atomic mass is 16.5. The third kappa shape index (κ3) is 4.11. The number of aromatic nitrogens is 3. The summed E-state index contributed by atoms with van der Waals surface area (Å²) in [5, 5.41) is 11.4. The smallest absolute Gasteiger partial charge is 0.273 e. The molecule has 6 nitrogen and oxygen atoms in total. The molecule has 0 aromatic carbocycles. The molecule has 136 valence electrons. The van der Waals surface area contributed by atoms with Crippen LogP contribution in [0.5, 0.6) is 0 Å². The lowest BCUT2D eigenvalue weighted by atomic mass is 9.71. The maximum absolute atomic E-state index is 12.5. The molecule has 0 radical (unpaired) electrons. The van der Waals surface area contributed by atoms with E-state index in [0.717, 1.165) is 49.2 Å². The van der Waals surface area contributed by atoms with Gasteiger partial charge in [-0.15, -0.1) is 0 Å². The molecule has 2 aromatic rings. The Morgan fingerprint density at radius 2 is 2.24 bits per heavy atom. The molecule has 0 bridgehead atoms. The number of fused-ring (bicyclic) bond motifs is 1. The quantitative estimate of drug-likeness (QED) is 0.846. The Hall–Kier alpha value is -2.11. The average Bonchev–Trinajstić information content (AvgIpc) is 3.16. The van der Waals surface area contributed by atoms with Crippen molar-refractivity contribution in [3.63, 3.8) is 0 Å². The van der Waals surface area contributed by atoms with Crippen LogP contribution in [0.15, 0.2) is 16.8 Å². The summed E-state index contributed by atoms with van der Waals surface area (Å²) >= 11 is 0. The van der Waals surface area contributed by atoms with Gasteiger partial charge in [0, 0.05) is 31.3 Å². The number of carbonyl (C=O) groups excluding carboxylic acids is 1. The van der Waals surface area contributed by atoms with Crippen molar-refractivity contribution >= 4 is 5.91 Å². The average molecular weight is 344 g/mol.